The molecule has 2 aromatic rings. The lowest BCUT2D eigenvalue weighted by atomic mass is 10.1. The number of hydrogen-bond donors (Lipinski definition) is 0. The Morgan fingerprint density at radius 3 is 2.56 bits per heavy atom. The highest BCUT2D eigenvalue weighted by Crippen LogP contribution is 2.18. The fraction of sp³-hybridized carbons (Fsp3) is 0.400. The molecular weight excluding hydrogens is 336 g/mol. The topological polar surface area (TPSA) is 42.4 Å². The Morgan fingerprint density at radius 2 is 1.88 bits per heavy atom. The first kappa shape index (κ1) is 17.9. The fourth-order valence-electron chi connectivity index (χ4n) is 3.03. The van der Waals surface area contributed by atoms with E-state index in [0.29, 0.717) is 19.7 Å². The first-order valence-electron chi connectivity index (χ1n) is 8.76. The van der Waals surface area contributed by atoms with Crippen molar-refractivity contribution in [2.24, 2.45) is 0 Å². The normalized spacial score (nSPS) is 17.2. The van der Waals surface area contributed by atoms with Crippen molar-refractivity contribution in [1.82, 2.24) is 9.88 Å². The molecule has 5 heteroatoms. The van der Waals surface area contributed by atoms with E-state index in [1.165, 1.54) is 5.56 Å². The zero-order valence-electron chi connectivity index (χ0n) is 14.2. The maximum atomic E-state index is 12.9. The molecule has 132 valence electrons. The predicted octanol–water partition coefficient (Wildman–Crippen LogP) is 3.88. The number of pyridine rings is 1. The molecular formula is C20H23ClN2O2. The standard InChI is InChI=1S/C20H23ClN2O2/c21-18-6-4-16(5-7-18)10-13-23(15-17-8-11-22-12-9-17)20(24)19-3-1-2-14-25-19/h4-9,11-12,19H,1-3,10,13-15H2/t19-/m1/s1. The van der Waals surface area contributed by atoms with Gasteiger partial charge in [-0.05, 0) is 61.1 Å². The van der Waals surface area contributed by atoms with Crippen LogP contribution in [-0.2, 0) is 22.5 Å². The quantitative estimate of drug-likeness (QED) is 0.787. The molecule has 0 spiro atoms. The summed E-state index contributed by atoms with van der Waals surface area (Å²) >= 11 is 5.95. The number of benzene rings is 1. The summed E-state index contributed by atoms with van der Waals surface area (Å²) < 4.78 is 5.71. The number of carbonyl (C=O) groups is 1. The first-order chi connectivity index (χ1) is 12.2. The second kappa shape index (κ2) is 8.97. The molecule has 25 heavy (non-hydrogen) atoms. The van der Waals surface area contributed by atoms with Gasteiger partial charge in [0.15, 0.2) is 0 Å². The summed E-state index contributed by atoms with van der Waals surface area (Å²) in [4.78, 5) is 18.9. The Kier molecular flexibility index (Phi) is 6.42. The van der Waals surface area contributed by atoms with Gasteiger partial charge in [0.1, 0.15) is 6.10 Å². The summed E-state index contributed by atoms with van der Waals surface area (Å²) in [7, 11) is 0. The zero-order chi connectivity index (χ0) is 17.5. The number of amides is 1. The van der Waals surface area contributed by atoms with Crippen LogP contribution >= 0.6 is 11.6 Å². The van der Waals surface area contributed by atoms with Gasteiger partial charge in [0, 0.05) is 37.1 Å². The average Bonchev–Trinajstić information content (AvgIpc) is 2.67. The van der Waals surface area contributed by atoms with Crippen molar-refractivity contribution in [3.8, 4) is 0 Å². The van der Waals surface area contributed by atoms with Gasteiger partial charge in [-0.3, -0.25) is 9.78 Å². The first-order valence-corrected chi connectivity index (χ1v) is 9.14. The van der Waals surface area contributed by atoms with Crippen LogP contribution in [0, 0.1) is 0 Å². The number of nitrogens with zero attached hydrogens (tertiary/aromatic N) is 2. The van der Waals surface area contributed by atoms with Crippen molar-refractivity contribution in [2.75, 3.05) is 13.2 Å². The Bertz CT molecular complexity index is 670. The monoisotopic (exact) mass is 358 g/mol. The molecule has 1 aromatic carbocycles. The summed E-state index contributed by atoms with van der Waals surface area (Å²) in [5.74, 6) is 0.0884. The third-order valence-corrected chi connectivity index (χ3v) is 4.73. The molecule has 0 aliphatic carbocycles. The summed E-state index contributed by atoms with van der Waals surface area (Å²) in [5, 5.41) is 0.726. The SMILES string of the molecule is O=C([C@H]1CCCCO1)N(CCc1ccc(Cl)cc1)Cc1ccncc1. The minimum Gasteiger partial charge on any atom is -0.368 e. The van der Waals surface area contributed by atoms with Crippen LogP contribution in [-0.4, -0.2) is 35.0 Å². The Balaban J connectivity index is 1.68. The van der Waals surface area contributed by atoms with Crippen LogP contribution in [0.4, 0.5) is 0 Å². The maximum absolute atomic E-state index is 12.9. The zero-order valence-corrected chi connectivity index (χ0v) is 15.0. The van der Waals surface area contributed by atoms with Gasteiger partial charge < -0.3 is 9.64 Å². The second-order valence-electron chi connectivity index (χ2n) is 6.35. The molecule has 0 N–H and O–H groups in total. The summed E-state index contributed by atoms with van der Waals surface area (Å²) in [5.41, 5.74) is 2.25. The summed E-state index contributed by atoms with van der Waals surface area (Å²) in [6.45, 7) is 1.91. The van der Waals surface area contributed by atoms with Crippen LogP contribution in [0.1, 0.15) is 30.4 Å². The Hall–Kier alpha value is -1.91. The van der Waals surface area contributed by atoms with E-state index in [2.05, 4.69) is 4.98 Å². The van der Waals surface area contributed by atoms with Crippen molar-refractivity contribution in [1.29, 1.82) is 0 Å². The van der Waals surface area contributed by atoms with Crippen LogP contribution < -0.4 is 0 Å². The number of ether oxygens (including phenoxy) is 1. The van der Waals surface area contributed by atoms with E-state index < -0.39 is 0 Å². The maximum Gasteiger partial charge on any atom is 0.252 e. The largest absolute Gasteiger partial charge is 0.368 e. The van der Waals surface area contributed by atoms with Gasteiger partial charge in [0.25, 0.3) is 5.91 Å². The van der Waals surface area contributed by atoms with Crippen LogP contribution in [0.15, 0.2) is 48.8 Å². The van der Waals surface area contributed by atoms with E-state index in [1.54, 1.807) is 12.4 Å². The number of rotatable bonds is 6. The molecule has 0 radical (unpaired) electrons. The van der Waals surface area contributed by atoms with E-state index in [-0.39, 0.29) is 12.0 Å². The molecule has 3 rings (SSSR count). The molecule has 1 aliphatic rings. The number of halogens is 1. The van der Waals surface area contributed by atoms with Crippen LogP contribution in [0.5, 0.6) is 0 Å². The molecule has 1 aromatic heterocycles. The van der Waals surface area contributed by atoms with Gasteiger partial charge in [-0.15, -0.1) is 0 Å². The second-order valence-corrected chi connectivity index (χ2v) is 6.78. The molecule has 1 saturated heterocycles. The lowest BCUT2D eigenvalue weighted by Crippen LogP contribution is -2.42. The van der Waals surface area contributed by atoms with Gasteiger partial charge in [-0.1, -0.05) is 23.7 Å². The molecule has 0 bridgehead atoms. The fourth-order valence-corrected chi connectivity index (χ4v) is 3.16. The van der Waals surface area contributed by atoms with E-state index >= 15 is 0 Å². The minimum absolute atomic E-state index is 0.0884. The van der Waals surface area contributed by atoms with Crippen molar-refractivity contribution >= 4 is 17.5 Å². The molecule has 4 nitrogen and oxygen atoms in total. The van der Waals surface area contributed by atoms with E-state index in [4.69, 9.17) is 16.3 Å². The van der Waals surface area contributed by atoms with Crippen LogP contribution in [0.25, 0.3) is 0 Å². The number of aromatic nitrogens is 1. The molecule has 2 heterocycles. The molecule has 1 amide bonds. The lowest BCUT2D eigenvalue weighted by molar-refractivity contribution is -0.147. The average molecular weight is 359 g/mol. The molecule has 0 saturated carbocycles. The van der Waals surface area contributed by atoms with Gasteiger partial charge in [0.05, 0.1) is 0 Å². The number of hydrogen-bond acceptors (Lipinski definition) is 3. The Labute approximate surface area is 153 Å². The molecule has 0 unspecified atom stereocenters. The van der Waals surface area contributed by atoms with Crippen molar-refractivity contribution in [3.05, 3.63) is 64.9 Å². The van der Waals surface area contributed by atoms with Gasteiger partial charge in [0.2, 0.25) is 0 Å². The third kappa shape index (κ3) is 5.28. The van der Waals surface area contributed by atoms with E-state index in [9.17, 15) is 4.79 Å². The smallest absolute Gasteiger partial charge is 0.252 e. The van der Waals surface area contributed by atoms with Crippen LogP contribution in [0.3, 0.4) is 0 Å². The van der Waals surface area contributed by atoms with E-state index in [0.717, 1.165) is 36.3 Å². The van der Waals surface area contributed by atoms with Crippen molar-refractivity contribution < 1.29 is 9.53 Å². The van der Waals surface area contributed by atoms with Gasteiger partial charge in [-0.2, -0.15) is 0 Å². The van der Waals surface area contributed by atoms with Crippen LogP contribution in [0.2, 0.25) is 5.02 Å². The molecule has 1 atom stereocenters. The highest BCUT2D eigenvalue weighted by molar-refractivity contribution is 6.30. The minimum atomic E-state index is -0.305. The highest BCUT2D eigenvalue weighted by atomic mass is 35.5. The Morgan fingerprint density at radius 1 is 1.12 bits per heavy atom. The predicted molar refractivity (Wildman–Crippen MR) is 98.4 cm³/mol. The number of carbonyl (C=O) groups excluding carboxylic acids is 1. The lowest BCUT2D eigenvalue weighted by Gasteiger charge is -2.29. The van der Waals surface area contributed by atoms with Gasteiger partial charge >= 0.3 is 0 Å². The van der Waals surface area contributed by atoms with Crippen molar-refractivity contribution in [3.63, 3.8) is 0 Å². The summed E-state index contributed by atoms with van der Waals surface area (Å²) in [6, 6.07) is 11.7. The molecule has 1 aliphatic heterocycles. The third-order valence-electron chi connectivity index (χ3n) is 4.47. The summed E-state index contributed by atoms with van der Waals surface area (Å²) in [6.07, 6.45) is 6.91. The molecule has 1 fully saturated rings. The van der Waals surface area contributed by atoms with Gasteiger partial charge in [-0.25, -0.2) is 0 Å². The highest BCUT2D eigenvalue weighted by Gasteiger charge is 2.26. The van der Waals surface area contributed by atoms with Crippen molar-refractivity contribution in [2.45, 2.75) is 38.3 Å². The van der Waals surface area contributed by atoms with E-state index in [1.807, 2.05) is 41.3 Å².